The number of aliphatic hydroxyl groups excluding tert-OH is 1. The number of aryl methyl sites for hydroxylation is 2. The number of piperazine rings is 1. The molecule has 0 atom stereocenters. The van der Waals surface area contributed by atoms with Gasteiger partial charge in [-0.3, -0.25) is 9.80 Å². The molecule has 0 bridgehead atoms. The van der Waals surface area contributed by atoms with Crippen molar-refractivity contribution >= 4 is 0 Å². The number of aliphatic hydroxyl groups is 1. The molecule has 0 radical (unpaired) electrons. The van der Waals surface area contributed by atoms with E-state index in [1.165, 1.54) is 22.3 Å². The van der Waals surface area contributed by atoms with E-state index >= 15 is 0 Å². The second-order valence-electron chi connectivity index (χ2n) is 6.90. The molecule has 3 nitrogen and oxygen atoms in total. The Kier molecular flexibility index (Phi) is 4.65. The zero-order chi connectivity index (χ0) is 16.4. The fourth-order valence-corrected chi connectivity index (χ4v) is 4.27. The number of fused-ring (bicyclic) bond motifs is 2. The zero-order valence-electron chi connectivity index (χ0n) is 14.2. The maximum absolute atomic E-state index is 9.18. The van der Waals surface area contributed by atoms with Crippen LogP contribution in [0.15, 0.2) is 48.5 Å². The molecule has 0 spiro atoms. The molecule has 0 unspecified atom stereocenters. The van der Waals surface area contributed by atoms with Crippen molar-refractivity contribution in [1.82, 2.24) is 9.80 Å². The number of benzene rings is 2. The van der Waals surface area contributed by atoms with Gasteiger partial charge in [-0.15, -0.1) is 0 Å². The van der Waals surface area contributed by atoms with Gasteiger partial charge in [-0.2, -0.15) is 0 Å². The molecule has 0 amide bonds. The van der Waals surface area contributed by atoms with E-state index in [2.05, 4.69) is 58.3 Å². The normalized spacial score (nSPS) is 19.5. The highest BCUT2D eigenvalue weighted by Crippen LogP contribution is 2.37. The summed E-state index contributed by atoms with van der Waals surface area (Å²) < 4.78 is 0. The van der Waals surface area contributed by atoms with Gasteiger partial charge in [-0.05, 0) is 35.1 Å². The van der Waals surface area contributed by atoms with Gasteiger partial charge in [0.15, 0.2) is 0 Å². The third-order valence-electron chi connectivity index (χ3n) is 5.55. The Morgan fingerprint density at radius 1 is 0.792 bits per heavy atom. The SMILES string of the molecule is OCCN1CCN(C2c3ccccc3CCc3ccccc32)CC1. The Morgan fingerprint density at radius 2 is 1.33 bits per heavy atom. The van der Waals surface area contributed by atoms with Crippen molar-refractivity contribution in [2.24, 2.45) is 0 Å². The number of rotatable bonds is 3. The Balaban J connectivity index is 1.69. The molecule has 1 saturated heterocycles. The molecule has 1 heterocycles. The first kappa shape index (κ1) is 15.8. The Labute approximate surface area is 144 Å². The van der Waals surface area contributed by atoms with Crippen LogP contribution in [0.5, 0.6) is 0 Å². The lowest BCUT2D eigenvalue weighted by Gasteiger charge is -2.40. The van der Waals surface area contributed by atoms with Gasteiger partial charge < -0.3 is 5.11 Å². The Bertz CT molecular complexity index is 644. The largest absolute Gasteiger partial charge is 0.395 e. The molecule has 1 fully saturated rings. The lowest BCUT2D eigenvalue weighted by Crippen LogP contribution is -2.48. The minimum absolute atomic E-state index is 0.259. The predicted octanol–water partition coefficient (Wildman–Crippen LogP) is 2.48. The molecule has 1 N–H and O–H groups in total. The van der Waals surface area contributed by atoms with Crippen LogP contribution in [-0.4, -0.2) is 54.2 Å². The van der Waals surface area contributed by atoms with Crippen molar-refractivity contribution in [2.75, 3.05) is 39.3 Å². The van der Waals surface area contributed by atoms with Crippen LogP contribution in [-0.2, 0) is 12.8 Å². The molecule has 126 valence electrons. The smallest absolute Gasteiger partial charge is 0.0608 e. The van der Waals surface area contributed by atoms with E-state index in [0.29, 0.717) is 6.04 Å². The van der Waals surface area contributed by atoms with E-state index in [0.717, 1.165) is 45.6 Å². The maximum Gasteiger partial charge on any atom is 0.0608 e. The van der Waals surface area contributed by atoms with Crippen molar-refractivity contribution in [3.05, 3.63) is 70.8 Å². The predicted molar refractivity (Wildman–Crippen MR) is 97.2 cm³/mol. The van der Waals surface area contributed by atoms with Gasteiger partial charge in [0.2, 0.25) is 0 Å². The summed E-state index contributed by atoms with van der Waals surface area (Å²) in [4.78, 5) is 5.00. The second kappa shape index (κ2) is 7.06. The first-order valence-corrected chi connectivity index (χ1v) is 9.09. The van der Waals surface area contributed by atoms with Gasteiger partial charge >= 0.3 is 0 Å². The van der Waals surface area contributed by atoms with Crippen LogP contribution in [0, 0.1) is 0 Å². The summed E-state index contributed by atoms with van der Waals surface area (Å²) in [6.45, 7) is 5.27. The van der Waals surface area contributed by atoms with Crippen LogP contribution in [0.2, 0.25) is 0 Å². The minimum Gasteiger partial charge on any atom is -0.395 e. The van der Waals surface area contributed by atoms with E-state index in [1.54, 1.807) is 0 Å². The summed E-state index contributed by atoms with van der Waals surface area (Å²) in [6, 6.07) is 18.3. The molecule has 4 rings (SSSR count). The van der Waals surface area contributed by atoms with E-state index < -0.39 is 0 Å². The van der Waals surface area contributed by atoms with E-state index in [4.69, 9.17) is 0 Å². The summed E-state index contributed by atoms with van der Waals surface area (Å²) >= 11 is 0. The van der Waals surface area contributed by atoms with Crippen LogP contribution < -0.4 is 0 Å². The monoisotopic (exact) mass is 322 g/mol. The topological polar surface area (TPSA) is 26.7 Å². The lowest BCUT2D eigenvalue weighted by molar-refractivity contribution is 0.0943. The summed E-state index contributed by atoms with van der Waals surface area (Å²) in [5.74, 6) is 0. The van der Waals surface area contributed by atoms with Crippen molar-refractivity contribution in [3.63, 3.8) is 0 Å². The summed E-state index contributed by atoms with van der Waals surface area (Å²) in [5, 5.41) is 9.18. The zero-order valence-corrected chi connectivity index (χ0v) is 14.2. The number of hydrogen-bond donors (Lipinski definition) is 1. The van der Waals surface area contributed by atoms with Crippen LogP contribution in [0.25, 0.3) is 0 Å². The van der Waals surface area contributed by atoms with Gasteiger partial charge in [0.1, 0.15) is 0 Å². The van der Waals surface area contributed by atoms with Gasteiger partial charge in [0.25, 0.3) is 0 Å². The standard InChI is InChI=1S/C21H26N2O/c24-16-15-22-11-13-23(14-12-22)21-19-7-3-1-5-17(19)9-10-18-6-2-4-8-20(18)21/h1-8,21,24H,9-16H2. The Morgan fingerprint density at radius 3 is 1.88 bits per heavy atom. The number of nitrogens with zero attached hydrogens (tertiary/aromatic N) is 2. The summed E-state index contributed by atoms with van der Waals surface area (Å²) in [5.41, 5.74) is 5.96. The van der Waals surface area contributed by atoms with Crippen LogP contribution in [0.1, 0.15) is 28.3 Å². The van der Waals surface area contributed by atoms with E-state index in [-0.39, 0.29) is 6.61 Å². The fourth-order valence-electron chi connectivity index (χ4n) is 4.27. The van der Waals surface area contributed by atoms with Crippen molar-refractivity contribution in [1.29, 1.82) is 0 Å². The van der Waals surface area contributed by atoms with Crippen molar-refractivity contribution in [3.8, 4) is 0 Å². The first-order valence-electron chi connectivity index (χ1n) is 9.09. The molecule has 3 heteroatoms. The molecule has 1 aliphatic carbocycles. The fraction of sp³-hybridized carbons (Fsp3) is 0.429. The van der Waals surface area contributed by atoms with Crippen LogP contribution >= 0.6 is 0 Å². The third-order valence-corrected chi connectivity index (χ3v) is 5.55. The summed E-state index contributed by atoms with van der Waals surface area (Å²) in [7, 11) is 0. The van der Waals surface area contributed by atoms with E-state index in [1.807, 2.05) is 0 Å². The summed E-state index contributed by atoms with van der Waals surface area (Å²) in [6.07, 6.45) is 2.27. The van der Waals surface area contributed by atoms with Gasteiger partial charge in [-0.25, -0.2) is 0 Å². The molecule has 2 aliphatic rings. The van der Waals surface area contributed by atoms with Crippen molar-refractivity contribution in [2.45, 2.75) is 18.9 Å². The highest BCUT2D eigenvalue weighted by Gasteiger charge is 2.30. The van der Waals surface area contributed by atoms with Gasteiger partial charge in [-0.1, -0.05) is 48.5 Å². The van der Waals surface area contributed by atoms with Gasteiger partial charge in [0, 0.05) is 32.7 Å². The molecule has 24 heavy (non-hydrogen) atoms. The number of β-amino-alcohol motifs (C(OH)–C–C–N with tert-alkyl or cyclic N) is 1. The number of hydrogen-bond acceptors (Lipinski definition) is 3. The van der Waals surface area contributed by atoms with Crippen LogP contribution in [0.4, 0.5) is 0 Å². The Hall–Kier alpha value is -1.68. The molecule has 1 aliphatic heterocycles. The van der Waals surface area contributed by atoms with Crippen molar-refractivity contribution < 1.29 is 5.11 Å². The molecular formula is C21H26N2O. The average molecular weight is 322 g/mol. The second-order valence-corrected chi connectivity index (χ2v) is 6.90. The van der Waals surface area contributed by atoms with Gasteiger partial charge in [0.05, 0.1) is 12.6 Å². The highest BCUT2D eigenvalue weighted by atomic mass is 16.3. The highest BCUT2D eigenvalue weighted by molar-refractivity contribution is 5.44. The molecule has 2 aromatic rings. The maximum atomic E-state index is 9.18. The molecule has 0 aromatic heterocycles. The third kappa shape index (κ3) is 3.00. The van der Waals surface area contributed by atoms with E-state index in [9.17, 15) is 5.11 Å². The minimum atomic E-state index is 0.259. The molecular weight excluding hydrogens is 296 g/mol. The average Bonchev–Trinajstić information content (AvgIpc) is 2.80. The molecule has 2 aromatic carbocycles. The first-order chi connectivity index (χ1) is 11.9. The lowest BCUT2D eigenvalue weighted by atomic mass is 9.93. The molecule has 0 saturated carbocycles. The quantitative estimate of drug-likeness (QED) is 0.940. The van der Waals surface area contributed by atoms with Crippen LogP contribution in [0.3, 0.4) is 0 Å².